The van der Waals surface area contributed by atoms with Crippen molar-refractivity contribution >= 4 is 22.9 Å². The number of nitrogens with one attached hydrogen (secondary N) is 1. The van der Waals surface area contributed by atoms with E-state index in [4.69, 9.17) is 9.47 Å². The fraction of sp³-hybridized carbons (Fsp3) is 0.400. The van der Waals surface area contributed by atoms with Crippen molar-refractivity contribution in [3.63, 3.8) is 0 Å². The van der Waals surface area contributed by atoms with Gasteiger partial charge in [-0.3, -0.25) is 9.59 Å². The monoisotopic (exact) mass is 480 g/mol. The maximum absolute atomic E-state index is 13.6. The highest BCUT2D eigenvalue weighted by Crippen LogP contribution is 2.21. The van der Waals surface area contributed by atoms with Crippen LogP contribution in [0.4, 0.5) is 0 Å². The lowest BCUT2D eigenvalue weighted by molar-refractivity contribution is -0.122. The molecule has 1 amide bonds. The van der Waals surface area contributed by atoms with E-state index in [2.05, 4.69) is 10.3 Å². The van der Waals surface area contributed by atoms with Crippen LogP contribution in [-0.4, -0.2) is 46.3 Å². The maximum atomic E-state index is 13.6. The molecular weight excluding hydrogens is 452 g/mol. The Hall–Kier alpha value is -3.95. The van der Waals surface area contributed by atoms with E-state index in [-0.39, 0.29) is 22.6 Å². The average molecular weight is 481 g/mol. The zero-order valence-corrected chi connectivity index (χ0v) is 20.0. The number of carbonyl (C=O) groups is 2. The molecule has 3 aromatic rings. The number of hydrogen-bond acceptors (Lipinski definition) is 7. The number of methoxy groups -OCH3 is 2. The van der Waals surface area contributed by atoms with Crippen LogP contribution in [0.5, 0.6) is 5.75 Å². The number of hydrogen-bond donors (Lipinski definition) is 1. The molecule has 2 heterocycles. The average Bonchev–Trinajstić information content (AvgIpc) is 2.86. The Morgan fingerprint density at radius 2 is 1.86 bits per heavy atom. The Bertz CT molecular complexity index is 1400. The molecule has 35 heavy (non-hydrogen) atoms. The molecule has 1 aromatic carbocycles. The van der Waals surface area contributed by atoms with E-state index in [9.17, 15) is 19.2 Å². The van der Waals surface area contributed by atoms with Crippen LogP contribution in [0.25, 0.3) is 16.7 Å². The minimum absolute atomic E-state index is 0.00223. The van der Waals surface area contributed by atoms with Crippen LogP contribution in [0.1, 0.15) is 48.2 Å². The number of aryl methyl sites for hydroxylation is 1. The van der Waals surface area contributed by atoms with Crippen LogP contribution in [0.2, 0.25) is 0 Å². The fourth-order valence-electron chi connectivity index (χ4n) is 4.52. The van der Waals surface area contributed by atoms with Gasteiger partial charge in [-0.1, -0.05) is 25.3 Å². The van der Waals surface area contributed by atoms with Gasteiger partial charge >= 0.3 is 11.7 Å². The van der Waals surface area contributed by atoms with Crippen molar-refractivity contribution < 1.29 is 19.1 Å². The first kappa shape index (κ1) is 24.2. The smallest absolute Gasteiger partial charge is 0.338 e. The number of esters is 1. The normalized spacial score (nSPS) is 14.0. The van der Waals surface area contributed by atoms with Crippen LogP contribution in [0.3, 0.4) is 0 Å². The largest absolute Gasteiger partial charge is 0.497 e. The van der Waals surface area contributed by atoms with E-state index >= 15 is 0 Å². The Labute approximate surface area is 201 Å². The molecule has 0 aliphatic heterocycles. The van der Waals surface area contributed by atoms with Crippen LogP contribution in [-0.2, 0) is 16.1 Å². The van der Waals surface area contributed by atoms with Crippen molar-refractivity contribution in [1.82, 2.24) is 19.4 Å². The zero-order valence-electron chi connectivity index (χ0n) is 20.0. The standard InChI is InChI=1S/C25H28N4O6/c1-15-12-19(24(32)35-3)21-22(26-15)29(17-10-7-11-18(13-17)34-2)25(33)28(23(21)31)14-20(30)27-16-8-5-4-6-9-16/h7,10-13,16H,4-6,8-9,14H2,1-3H3,(H,27,30). The number of carbonyl (C=O) groups excluding carboxylic acids is 2. The van der Waals surface area contributed by atoms with Crippen molar-refractivity contribution in [3.8, 4) is 11.4 Å². The summed E-state index contributed by atoms with van der Waals surface area (Å²) in [5, 5.41) is 2.83. The molecular formula is C25H28N4O6. The van der Waals surface area contributed by atoms with Crippen molar-refractivity contribution in [3.05, 3.63) is 62.4 Å². The van der Waals surface area contributed by atoms with Crippen molar-refractivity contribution in [2.24, 2.45) is 0 Å². The van der Waals surface area contributed by atoms with Gasteiger partial charge in [-0.2, -0.15) is 0 Å². The van der Waals surface area contributed by atoms with Crippen LogP contribution < -0.4 is 21.3 Å². The van der Waals surface area contributed by atoms with Gasteiger partial charge in [0, 0.05) is 17.8 Å². The zero-order chi connectivity index (χ0) is 25.1. The molecule has 184 valence electrons. The minimum atomic E-state index is -0.782. The van der Waals surface area contributed by atoms with E-state index in [0.29, 0.717) is 17.1 Å². The number of ether oxygens (including phenoxy) is 2. The Balaban J connectivity index is 1.95. The molecule has 0 spiro atoms. The second-order valence-corrected chi connectivity index (χ2v) is 8.61. The van der Waals surface area contributed by atoms with Gasteiger partial charge in [0.2, 0.25) is 5.91 Å². The molecule has 10 heteroatoms. The number of pyridine rings is 1. The quantitative estimate of drug-likeness (QED) is 0.536. The summed E-state index contributed by atoms with van der Waals surface area (Å²) in [5.74, 6) is -0.699. The van der Waals surface area contributed by atoms with Crippen molar-refractivity contribution in [2.75, 3.05) is 14.2 Å². The van der Waals surface area contributed by atoms with Gasteiger partial charge in [-0.05, 0) is 38.0 Å². The van der Waals surface area contributed by atoms with Gasteiger partial charge in [-0.25, -0.2) is 23.7 Å². The lowest BCUT2D eigenvalue weighted by Crippen LogP contribution is -2.46. The highest BCUT2D eigenvalue weighted by molar-refractivity contribution is 6.02. The summed E-state index contributed by atoms with van der Waals surface area (Å²) in [6.07, 6.45) is 4.91. The number of amides is 1. The summed E-state index contributed by atoms with van der Waals surface area (Å²) in [6.45, 7) is 1.16. The molecule has 0 saturated heterocycles. The Kier molecular flexibility index (Phi) is 6.99. The van der Waals surface area contributed by atoms with Crippen LogP contribution in [0.15, 0.2) is 39.9 Å². The van der Waals surface area contributed by atoms with Crippen molar-refractivity contribution in [1.29, 1.82) is 0 Å². The molecule has 1 fully saturated rings. The minimum Gasteiger partial charge on any atom is -0.497 e. The Morgan fingerprint density at radius 1 is 1.11 bits per heavy atom. The molecule has 1 saturated carbocycles. The molecule has 4 rings (SSSR count). The van der Waals surface area contributed by atoms with Gasteiger partial charge in [0.1, 0.15) is 12.3 Å². The summed E-state index contributed by atoms with van der Waals surface area (Å²) in [6, 6.07) is 8.12. The molecule has 0 atom stereocenters. The third kappa shape index (κ3) is 4.82. The predicted molar refractivity (Wildman–Crippen MR) is 129 cm³/mol. The molecule has 1 aliphatic rings. The van der Waals surface area contributed by atoms with E-state index in [1.165, 1.54) is 24.9 Å². The highest BCUT2D eigenvalue weighted by atomic mass is 16.5. The molecule has 0 radical (unpaired) electrons. The first-order valence-electron chi connectivity index (χ1n) is 11.5. The number of benzene rings is 1. The lowest BCUT2D eigenvalue weighted by atomic mass is 9.95. The van der Waals surface area contributed by atoms with Gasteiger partial charge in [-0.15, -0.1) is 0 Å². The lowest BCUT2D eigenvalue weighted by Gasteiger charge is -2.23. The molecule has 10 nitrogen and oxygen atoms in total. The van der Waals surface area contributed by atoms with E-state index in [1.807, 2.05) is 0 Å². The van der Waals surface area contributed by atoms with Gasteiger partial charge in [0.25, 0.3) is 5.56 Å². The number of aromatic nitrogens is 3. The van der Waals surface area contributed by atoms with Crippen molar-refractivity contribution in [2.45, 2.75) is 51.6 Å². The summed E-state index contributed by atoms with van der Waals surface area (Å²) in [5.41, 5.74) is -0.772. The topological polar surface area (TPSA) is 122 Å². The predicted octanol–water partition coefficient (Wildman–Crippen LogP) is 2.10. The molecule has 2 aromatic heterocycles. The molecule has 1 aliphatic carbocycles. The Morgan fingerprint density at radius 3 is 2.54 bits per heavy atom. The second kappa shape index (κ2) is 10.1. The van der Waals surface area contributed by atoms with E-state index < -0.39 is 29.7 Å². The number of rotatable bonds is 6. The first-order chi connectivity index (χ1) is 16.8. The second-order valence-electron chi connectivity index (χ2n) is 8.61. The van der Waals surface area contributed by atoms with Gasteiger partial charge in [0.05, 0.1) is 30.9 Å². The highest BCUT2D eigenvalue weighted by Gasteiger charge is 2.24. The van der Waals surface area contributed by atoms with E-state index in [0.717, 1.165) is 36.7 Å². The van der Waals surface area contributed by atoms with Gasteiger partial charge in [0.15, 0.2) is 5.65 Å². The summed E-state index contributed by atoms with van der Waals surface area (Å²) in [7, 11) is 2.70. The molecule has 0 bridgehead atoms. The SMILES string of the molecule is COC(=O)c1cc(C)nc2c1c(=O)n(CC(=O)NC1CCCCC1)c(=O)n2-c1cccc(OC)c1. The molecule has 0 unspecified atom stereocenters. The summed E-state index contributed by atoms with van der Waals surface area (Å²) < 4.78 is 12.2. The fourth-order valence-corrected chi connectivity index (χ4v) is 4.52. The third-order valence-corrected chi connectivity index (χ3v) is 6.21. The first-order valence-corrected chi connectivity index (χ1v) is 11.5. The summed E-state index contributed by atoms with van der Waals surface area (Å²) >= 11 is 0. The third-order valence-electron chi connectivity index (χ3n) is 6.21. The van der Waals surface area contributed by atoms with Crippen LogP contribution in [0, 0.1) is 6.92 Å². The molecule has 1 N–H and O–H groups in total. The number of fused-ring (bicyclic) bond motifs is 1. The van der Waals surface area contributed by atoms with Crippen LogP contribution >= 0.6 is 0 Å². The van der Waals surface area contributed by atoms with Gasteiger partial charge < -0.3 is 14.8 Å². The summed E-state index contributed by atoms with van der Waals surface area (Å²) in [4.78, 5) is 57.0. The maximum Gasteiger partial charge on any atom is 0.338 e. The van der Waals surface area contributed by atoms with E-state index in [1.54, 1.807) is 31.2 Å². The number of nitrogens with zero attached hydrogens (tertiary/aromatic N) is 3.